The van der Waals surface area contributed by atoms with Crippen molar-refractivity contribution in [2.45, 2.75) is 32.1 Å². The number of carbonyl (C=O) groups excluding carboxylic acids is 1. The van der Waals surface area contributed by atoms with Gasteiger partial charge in [0.25, 0.3) is 0 Å². The molecule has 1 N–H and O–H groups in total. The lowest BCUT2D eigenvalue weighted by Crippen LogP contribution is -2.23. The van der Waals surface area contributed by atoms with Crippen molar-refractivity contribution in [2.75, 3.05) is 13.7 Å². The van der Waals surface area contributed by atoms with Crippen LogP contribution < -0.4 is 5.32 Å². The first-order valence-corrected chi connectivity index (χ1v) is 4.67. The molecule has 1 fully saturated rings. The van der Waals surface area contributed by atoms with Crippen molar-refractivity contribution in [2.24, 2.45) is 5.92 Å². The van der Waals surface area contributed by atoms with Gasteiger partial charge in [-0.25, -0.2) is 4.79 Å². The summed E-state index contributed by atoms with van der Waals surface area (Å²) in [4.78, 5) is 10.7. The third kappa shape index (κ3) is 3.11. The molecule has 0 aliphatic heterocycles. The van der Waals surface area contributed by atoms with Gasteiger partial charge >= 0.3 is 6.09 Å². The van der Waals surface area contributed by atoms with E-state index in [0.29, 0.717) is 12.5 Å². The van der Waals surface area contributed by atoms with Crippen molar-refractivity contribution in [3.8, 4) is 0 Å². The molecule has 1 aliphatic carbocycles. The Morgan fingerprint density at radius 2 is 2.08 bits per heavy atom. The maximum Gasteiger partial charge on any atom is 0.406 e. The monoisotopic (exact) mass is 171 g/mol. The third-order valence-corrected chi connectivity index (χ3v) is 2.38. The summed E-state index contributed by atoms with van der Waals surface area (Å²) in [5, 5.41) is 2.44. The van der Waals surface area contributed by atoms with Crippen LogP contribution in [0.4, 0.5) is 4.79 Å². The average Bonchev–Trinajstić information content (AvgIpc) is 2.16. The van der Waals surface area contributed by atoms with Crippen molar-refractivity contribution in [1.29, 1.82) is 0 Å². The first kappa shape index (κ1) is 9.36. The molecule has 0 aromatic carbocycles. The molecule has 1 aliphatic rings. The predicted octanol–water partition coefficient (Wildman–Crippen LogP) is 1.92. The van der Waals surface area contributed by atoms with Crippen LogP contribution in [0.15, 0.2) is 0 Å². The summed E-state index contributed by atoms with van der Waals surface area (Å²) >= 11 is 0. The van der Waals surface area contributed by atoms with Gasteiger partial charge in [-0.1, -0.05) is 19.3 Å². The van der Waals surface area contributed by atoms with E-state index in [4.69, 9.17) is 4.74 Å². The minimum atomic E-state index is -0.305. The van der Waals surface area contributed by atoms with Gasteiger partial charge in [0, 0.05) is 7.05 Å². The number of rotatable bonds is 2. The van der Waals surface area contributed by atoms with Crippen LogP contribution in [-0.4, -0.2) is 19.7 Å². The van der Waals surface area contributed by atoms with Crippen LogP contribution in [-0.2, 0) is 4.74 Å². The molecule has 0 saturated heterocycles. The van der Waals surface area contributed by atoms with E-state index in [1.54, 1.807) is 7.05 Å². The van der Waals surface area contributed by atoms with Crippen molar-refractivity contribution in [3.05, 3.63) is 0 Å². The molecule has 12 heavy (non-hydrogen) atoms. The summed E-state index contributed by atoms with van der Waals surface area (Å²) in [5.41, 5.74) is 0. The Kier molecular flexibility index (Phi) is 3.91. The third-order valence-electron chi connectivity index (χ3n) is 2.38. The fourth-order valence-corrected chi connectivity index (χ4v) is 1.62. The van der Waals surface area contributed by atoms with Gasteiger partial charge in [-0.3, -0.25) is 0 Å². The van der Waals surface area contributed by atoms with Gasteiger partial charge in [-0.05, 0) is 18.8 Å². The summed E-state index contributed by atoms with van der Waals surface area (Å²) in [6.07, 6.45) is 6.06. The summed E-state index contributed by atoms with van der Waals surface area (Å²) in [6, 6.07) is 0. The highest BCUT2D eigenvalue weighted by atomic mass is 16.5. The minimum absolute atomic E-state index is 0.305. The molecular formula is C9H17NO2. The van der Waals surface area contributed by atoms with Crippen LogP contribution in [0.1, 0.15) is 32.1 Å². The summed E-state index contributed by atoms with van der Waals surface area (Å²) in [6.45, 7) is 0.597. The molecule has 70 valence electrons. The number of alkyl carbamates (subject to hydrolysis) is 1. The van der Waals surface area contributed by atoms with E-state index in [0.717, 1.165) is 0 Å². The second-order valence-corrected chi connectivity index (χ2v) is 3.35. The summed E-state index contributed by atoms with van der Waals surface area (Å²) < 4.78 is 4.98. The number of carbonyl (C=O) groups is 1. The lowest BCUT2D eigenvalue weighted by molar-refractivity contribution is 0.118. The molecule has 0 aromatic rings. The van der Waals surface area contributed by atoms with Crippen LogP contribution in [0.25, 0.3) is 0 Å². The van der Waals surface area contributed by atoms with E-state index >= 15 is 0 Å². The van der Waals surface area contributed by atoms with Crippen LogP contribution in [0.2, 0.25) is 0 Å². The SMILES string of the molecule is CNC(=O)OCC1CCCCC1. The van der Waals surface area contributed by atoms with Crippen molar-refractivity contribution >= 4 is 6.09 Å². The van der Waals surface area contributed by atoms with Crippen LogP contribution in [0.5, 0.6) is 0 Å². The Labute approximate surface area is 73.5 Å². The van der Waals surface area contributed by atoms with Gasteiger partial charge in [0.2, 0.25) is 0 Å². The van der Waals surface area contributed by atoms with Gasteiger partial charge in [0.05, 0.1) is 6.61 Å². The Hall–Kier alpha value is -0.730. The second kappa shape index (κ2) is 5.01. The van der Waals surface area contributed by atoms with E-state index in [2.05, 4.69) is 5.32 Å². The molecule has 0 bridgehead atoms. The lowest BCUT2D eigenvalue weighted by Gasteiger charge is -2.20. The topological polar surface area (TPSA) is 38.3 Å². The predicted molar refractivity (Wildman–Crippen MR) is 47.0 cm³/mol. The number of amides is 1. The maximum atomic E-state index is 10.7. The van der Waals surface area contributed by atoms with Crippen molar-refractivity contribution in [3.63, 3.8) is 0 Å². The van der Waals surface area contributed by atoms with Gasteiger partial charge in [0.1, 0.15) is 0 Å². The van der Waals surface area contributed by atoms with Crippen molar-refractivity contribution in [1.82, 2.24) is 5.32 Å². The first-order valence-electron chi connectivity index (χ1n) is 4.67. The van der Waals surface area contributed by atoms with Crippen molar-refractivity contribution < 1.29 is 9.53 Å². The highest BCUT2D eigenvalue weighted by Crippen LogP contribution is 2.23. The van der Waals surface area contributed by atoms with Crippen LogP contribution >= 0.6 is 0 Å². The number of hydrogen-bond acceptors (Lipinski definition) is 2. The molecular weight excluding hydrogens is 154 g/mol. The van der Waals surface area contributed by atoms with Gasteiger partial charge < -0.3 is 10.1 Å². The second-order valence-electron chi connectivity index (χ2n) is 3.35. The van der Waals surface area contributed by atoms with E-state index in [-0.39, 0.29) is 6.09 Å². The molecule has 0 spiro atoms. The smallest absolute Gasteiger partial charge is 0.406 e. The molecule has 0 heterocycles. The molecule has 1 rings (SSSR count). The van der Waals surface area contributed by atoms with Gasteiger partial charge in [-0.2, -0.15) is 0 Å². The number of ether oxygens (including phenoxy) is 1. The van der Waals surface area contributed by atoms with E-state index < -0.39 is 0 Å². The standard InChI is InChI=1S/C9H17NO2/c1-10-9(11)12-7-8-5-3-2-4-6-8/h8H,2-7H2,1H3,(H,10,11). The molecule has 0 radical (unpaired) electrons. The molecule has 0 atom stereocenters. The molecule has 3 heteroatoms. The number of hydrogen-bond donors (Lipinski definition) is 1. The molecule has 0 aromatic heterocycles. The zero-order valence-electron chi connectivity index (χ0n) is 7.64. The Bertz CT molecular complexity index is 141. The number of nitrogens with one attached hydrogen (secondary N) is 1. The van der Waals surface area contributed by atoms with E-state index in [1.165, 1.54) is 32.1 Å². The average molecular weight is 171 g/mol. The molecule has 1 saturated carbocycles. The molecule has 3 nitrogen and oxygen atoms in total. The largest absolute Gasteiger partial charge is 0.449 e. The summed E-state index contributed by atoms with van der Waals surface area (Å²) in [7, 11) is 1.59. The van der Waals surface area contributed by atoms with E-state index in [9.17, 15) is 4.79 Å². The van der Waals surface area contributed by atoms with Gasteiger partial charge in [0.15, 0.2) is 0 Å². The Morgan fingerprint density at radius 3 is 2.67 bits per heavy atom. The minimum Gasteiger partial charge on any atom is -0.449 e. The highest BCUT2D eigenvalue weighted by molar-refractivity contribution is 5.66. The quantitative estimate of drug-likeness (QED) is 0.689. The lowest BCUT2D eigenvalue weighted by atomic mass is 9.90. The highest BCUT2D eigenvalue weighted by Gasteiger charge is 2.14. The Morgan fingerprint density at radius 1 is 1.42 bits per heavy atom. The normalized spacial score (nSPS) is 18.8. The van der Waals surface area contributed by atoms with Crippen LogP contribution in [0, 0.1) is 5.92 Å². The molecule has 0 unspecified atom stereocenters. The zero-order chi connectivity index (χ0) is 8.81. The van der Waals surface area contributed by atoms with Crippen LogP contribution in [0.3, 0.4) is 0 Å². The maximum absolute atomic E-state index is 10.7. The summed E-state index contributed by atoms with van der Waals surface area (Å²) in [5.74, 6) is 0.607. The van der Waals surface area contributed by atoms with E-state index in [1.807, 2.05) is 0 Å². The molecule has 1 amide bonds. The Balaban J connectivity index is 2.09. The fourth-order valence-electron chi connectivity index (χ4n) is 1.62. The van der Waals surface area contributed by atoms with Gasteiger partial charge in [-0.15, -0.1) is 0 Å². The first-order chi connectivity index (χ1) is 5.83. The zero-order valence-corrected chi connectivity index (χ0v) is 7.64. The fraction of sp³-hybridized carbons (Fsp3) is 0.889.